The Bertz CT molecular complexity index is 645. The number of ether oxygens (including phenoxy) is 1. The first-order valence-corrected chi connectivity index (χ1v) is 9.89. The van der Waals surface area contributed by atoms with Crippen LogP contribution < -0.4 is 10.6 Å². The van der Waals surface area contributed by atoms with Gasteiger partial charge in [-0.2, -0.15) is 0 Å². The van der Waals surface area contributed by atoms with Crippen molar-refractivity contribution in [3.8, 4) is 0 Å². The van der Waals surface area contributed by atoms with Crippen molar-refractivity contribution in [2.75, 3.05) is 11.9 Å². The molecule has 130 valence electrons. The molecular formula is C18H24N2O3S. The quantitative estimate of drug-likeness (QED) is 0.859. The Hall–Kier alpha value is -1.40. The van der Waals surface area contributed by atoms with Crippen LogP contribution in [0.15, 0.2) is 0 Å². The van der Waals surface area contributed by atoms with Crippen LogP contribution in [-0.2, 0) is 22.4 Å². The van der Waals surface area contributed by atoms with Crippen molar-refractivity contribution in [3.63, 3.8) is 0 Å². The van der Waals surface area contributed by atoms with Crippen LogP contribution in [0.2, 0.25) is 0 Å². The zero-order valence-electron chi connectivity index (χ0n) is 13.9. The van der Waals surface area contributed by atoms with E-state index in [2.05, 4.69) is 10.6 Å². The van der Waals surface area contributed by atoms with E-state index in [1.165, 1.54) is 4.88 Å². The standard InChI is InChI=1S/C18H24N2O3S/c21-15(10-12-4-1-2-9-23-12)20-18-16(17(22)19-11-7-8-11)13-5-3-6-14(13)24-18/h11-12H,1-10H2,(H,19,22)(H,20,21)/t12-/m0/s1. The third-order valence-corrected chi connectivity index (χ3v) is 6.21. The summed E-state index contributed by atoms with van der Waals surface area (Å²) < 4.78 is 5.65. The Morgan fingerprint density at radius 1 is 1.12 bits per heavy atom. The molecule has 2 heterocycles. The minimum absolute atomic E-state index is 0.0129. The van der Waals surface area contributed by atoms with Crippen molar-refractivity contribution in [3.05, 3.63) is 16.0 Å². The topological polar surface area (TPSA) is 67.4 Å². The molecule has 6 heteroatoms. The fourth-order valence-electron chi connectivity index (χ4n) is 3.57. The maximum atomic E-state index is 12.6. The Kier molecular flexibility index (Phi) is 4.59. The van der Waals surface area contributed by atoms with E-state index >= 15 is 0 Å². The zero-order chi connectivity index (χ0) is 16.5. The second-order valence-corrected chi connectivity index (χ2v) is 8.16. The summed E-state index contributed by atoms with van der Waals surface area (Å²) in [6, 6.07) is 0.327. The molecule has 24 heavy (non-hydrogen) atoms. The van der Waals surface area contributed by atoms with Gasteiger partial charge >= 0.3 is 0 Å². The SMILES string of the molecule is O=C(C[C@@H]1CCCCO1)Nc1sc2c(c1C(=O)NC1CC1)CCC2. The fraction of sp³-hybridized carbons (Fsp3) is 0.667. The summed E-state index contributed by atoms with van der Waals surface area (Å²) in [5, 5.41) is 6.81. The smallest absolute Gasteiger partial charge is 0.254 e. The van der Waals surface area contributed by atoms with E-state index in [0.717, 1.165) is 74.1 Å². The number of fused-ring (bicyclic) bond motifs is 1. The highest BCUT2D eigenvalue weighted by molar-refractivity contribution is 7.17. The molecule has 2 aliphatic carbocycles. The predicted octanol–water partition coefficient (Wildman–Crippen LogP) is 3.03. The van der Waals surface area contributed by atoms with Crippen LogP contribution in [0.4, 0.5) is 5.00 Å². The van der Waals surface area contributed by atoms with Crippen molar-refractivity contribution in [1.82, 2.24) is 5.32 Å². The molecule has 0 unspecified atom stereocenters. The second kappa shape index (κ2) is 6.84. The number of thiophene rings is 1. The number of anilines is 1. The van der Waals surface area contributed by atoms with Crippen molar-refractivity contribution >= 4 is 28.2 Å². The lowest BCUT2D eigenvalue weighted by atomic mass is 10.1. The lowest BCUT2D eigenvalue weighted by molar-refractivity contribution is -0.119. The van der Waals surface area contributed by atoms with Gasteiger partial charge in [-0.3, -0.25) is 9.59 Å². The summed E-state index contributed by atoms with van der Waals surface area (Å²) in [5.74, 6) is -0.0524. The molecule has 2 fully saturated rings. The van der Waals surface area contributed by atoms with E-state index in [0.29, 0.717) is 12.5 Å². The number of carbonyl (C=O) groups excluding carboxylic acids is 2. The van der Waals surface area contributed by atoms with Gasteiger partial charge in [0.15, 0.2) is 0 Å². The van der Waals surface area contributed by atoms with E-state index in [1.54, 1.807) is 11.3 Å². The van der Waals surface area contributed by atoms with Crippen LogP contribution in [0.25, 0.3) is 0 Å². The molecule has 2 N–H and O–H groups in total. The number of rotatable bonds is 5. The summed E-state index contributed by atoms with van der Waals surface area (Å²) in [6.07, 6.45) is 8.77. The average Bonchev–Trinajstić information content (AvgIpc) is 3.14. The van der Waals surface area contributed by atoms with Gasteiger partial charge in [0.05, 0.1) is 18.1 Å². The normalized spacial score (nSPS) is 22.9. The van der Waals surface area contributed by atoms with E-state index in [9.17, 15) is 9.59 Å². The molecule has 1 saturated carbocycles. The minimum Gasteiger partial charge on any atom is -0.378 e. The molecule has 1 atom stereocenters. The molecule has 3 aliphatic rings. The van der Waals surface area contributed by atoms with Gasteiger partial charge in [-0.25, -0.2) is 0 Å². The third-order valence-electron chi connectivity index (χ3n) is 5.00. The van der Waals surface area contributed by atoms with Gasteiger partial charge in [-0.1, -0.05) is 0 Å². The van der Waals surface area contributed by atoms with Crippen LogP contribution in [0.5, 0.6) is 0 Å². The lowest BCUT2D eigenvalue weighted by Gasteiger charge is -2.21. The lowest BCUT2D eigenvalue weighted by Crippen LogP contribution is -2.28. The fourth-order valence-corrected chi connectivity index (χ4v) is 4.87. The maximum Gasteiger partial charge on any atom is 0.254 e. The average molecular weight is 348 g/mol. The maximum absolute atomic E-state index is 12.6. The van der Waals surface area contributed by atoms with Gasteiger partial charge < -0.3 is 15.4 Å². The van der Waals surface area contributed by atoms with E-state index in [4.69, 9.17) is 4.74 Å². The van der Waals surface area contributed by atoms with Crippen LogP contribution >= 0.6 is 11.3 Å². The predicted molar refractivity (Wildman–Crippen MR) is 93.7 cm³/mol. The molecular weight excluding hydrogens is 324 g/mol. The summed E-state index contributed by atoms with van der Waals surface area (Å²) in [6.45, 7) is 0.750. The van der Waals surface area contributed by atoms with Crippen LogP contribution in [0, 0.1) is 0 Å². The molecule has 1 aromatic rings. The number of carbonyl (C=O) groups is 2. The van der Waals surface area contributed by atoms with Crippen molar-refractivity contribution in [1.29, 1.82) is 0 Å². The van der Waals surface area contributed by atoms with Crippen LogP contribution in [-0.4, -0.2) is 30.6 Å². The largest absolute Gasteiger partial charge is 0.378 e. The summed E-state index contributed by atoms with van der Waals surface area (Å²) in [5.41, 5.74) is 1.87. The highest BCUT2D eigenvalue weighted by Crippen LogP contribution is 2.39. The van der Waals surface area contributed by atoms with Gasteiger partial charge in [-0.05, 0) is 56.9 Å². The van der Waals surface area contributed by atoms with Crippen molar-refractivity contribution < 1.29 is 14.3 Å². The van der Waals surface area contributed by atoms with Gasteiger partial charge in [-0.15, -0.1) is 11.3 Å². The molecule has 0 bridgehead atoms. The molecule has 1 aromatic heterocycles. The molecule has 1 aliphatic heterocycles. The molecule has 4 rings (SSSR count). The van der Waals surface area contributed by atoms with Gasteiger partial charge in [0.25, 0.3) is 5.91 Å². The first-order chi connectivity index (χ1) is 11.7. The van der Waals surface area contributed by atoms with E-state index in [-0.39, 0.29) is 17.9 Å². The zero-order valence-corrected chi connectivity index (χ0v) is 14.7. The number of amides is 2. The number of hydrogen-bond donors (Lipinski definition) is 2. The summed E-state index contributed by atoms with van der Waals surface area (Å²) in [4.78, 5) is 26.3. The first kappa shape index (κ1) is 16.1. The molecule has 0 spiro atoms. The monoisotopic (exact) mass is 348 g/mol. The van der Waals surface area contributed by atoms with Crippen LogP contribution in [0.1, 0.15) is 65.7 Å². The highest BCUT2D eigenvalue weighted by Gasteiger charge is 2.31. The Labute approximate surface area is 146 Å². The Balaban J connectivity index is 1.47. The van der Waals surface area contributed by atoms with E-state index in [1.807, 2.05) is 0 Å². The molecule has 2 amide bonds. The van der Waals surface area contributed by atoms with Gasteiger partial charge in [0.2, 0.25) is 5.91 Å². The van der Waals surface area contributed by atoms with Gasteiger partial charge in [0, 0.05) is 17.5 Å². The molecule has 5 nitrogen and oxygen atoms in total. The molecule has 1 saturated heterocycles. The number of hydrogen-bond acceptors (Lipinski definition) is 4. The molecule has 0 radical (unpaired) electrons. The number of aryl methyl sites for hydroxylation is 1. The second-order valence-electron chi connectivity index (χ2n) is 7.05. The minimum atomic E-state index is -0.0395. The van der Waals surface area contributed by atoms with E-state index < -0.39 is 0 Å². The van der Waals surface area contributed by atoms with Crippen molar-refractivity contribution in [2.45, 2.75) is 69.9 Å². The third kappa shape index (κ3) is 3.49. The van der Waals surface area contributed by atoms with Gasteiger partial charge in [0.1, 0.15) is 5.00 Å². The molecule has 0 aromatic carbocycles. The highest BCUT2D eigenvalue weighted by atomic mass is 32.1. The first-order valence-electron chi connectivity index (χ1n) is 9.07. The summed E-state index contributed by atoms with van der Waals surface area (Å²) in [7, 11) is 0. The Morgan fingerprint density at radius 2 is 2.00 bits per heavy atom. The summed E-state index contributed by atoms with van der Waals surface area (Å²) >= 11 is 1.58. The number of nitrogens with one attached hydrogen (secondary N) is 2. The van der Waals surface area contributed by atoms with Crippen LogP contribution in [0.3, 0.4) is 0 Å². The Morgan fingerprint density at radius 3 is 2.75 bits per heavy atom. The van der Waals surface area contributed by atoms with Crippen molar-refractivity contribution in [2.24, 2.45) is 0 Å².